The summed E-state index contributed by atoms with van der Waals surface area (Å²) in [4.78, 5) is 11.3. The van der Waals surface area contributed by atoms with Crippen molar-refractivity contribution in [3.05, 3.63) is 0 Å². The highest BCUT2D eigenvalue weighted by molar-refractivity contribution is 5.70. The van der Waals surface area contributed by atoms with Crippen LogP contribution < -0.4 is 11.5 Å². The summed E-state index contributed by atoms with van der Waals surface area (Å²) in [5.74, 6) is -0.652. The van der Waals surface area contributed by atoms with E-state index in [1.54, 1.807) is 0 Å². The van der Waals surface area contributed by atoms with Gasteiger partial charge in [-0.05, 0) is 6.42 Å². The Morgan fingerprint density at radius 1 is 1.12 bits per heavy atom. The van der Waals surface area contributed by atoms with Crippen LogP contribution in [0.2, 0.25) is 0 Å². The van der Waals surface area contributed by atoms with Gasteiger partial charge in [0.05, 0.1) is 25.9 Å². The molecule has 2 aliphatic rings. The minimum atomic E-state index is -1.29. The summed E-state index contributed by atoms with van der Waals surface area (Å²) >= 11 is 0. The molecule has 0 amide bonds. The summed E-state index contributed by atoms with van der Waals surface area (Å²) in [5.41, 5.74) is 11.9. The molecule has 0 aliphatic carbocycles. The zero-order valence-corrected chi connectivity index (χ0v) is 14.8. The van der Waals surface area contributed by atoms with Crippen LogP contribution in [0.25, 0.3) is 0 Å². The molecule has 5 unspecified atom stereocenters. The maximum Gasteiger partial charge on any atom is 0.331 e. The fourth-order valence-corrected chi connectivity index (χ4v) is 3.06. The van der Waals surface area contributed by atoms with Gasteiger partial charge in [0.1, 0.15) is 43.4 Å². The van der Waals surface area contributed by atoms with E-state index in [4.69, 9.17) is 30.4 Å². The van der Waals surface area contributed by atoms with Crippen LogP contribution in [0.1, 0.15) is 13.3 Å². The van der Waals surface area contributed by atoms with Crippen LogP contribution in [0, 0.1) is 0 Å². The number of carbonyl (C=O) groups is 1. The van der Waals surface area contributed by atoms with Gasteiger partial charge in [0.15, 0.2) is 6.29 Å². The van der Waals surface area contributed by atoms with Crippen molar-refractivity contribution in [2.45, 2.75) is 68.5 Å². The summed E-state index contributed by atoms with van der Waals surface area (Å²) in [6, 6.07) is -1.02. The number of hydrogen-bond donors (Lipinski definition) is 5. The molecule has 7 N–H and O–H groups in total. The lowest BCUT2D eigenvalue weighted by Gasteiger charge is -2.43. The average molecular weight is 380 g/mol. The van der Waals surface area contributed by atoms with Gasteiger partial charge in [-0.15, -0.1) is 0 Å². The Hall–Kier alpha value is -0.890. The van der Waals surface area contributed by atoms with Crippen molar-refractivity contribution in [2.75, 3.05) is 20.3 Å². The number of hydrogen-bond acceptors (Lipinski definition) is 11. The first-order chi connectivity index (χ1) is 12.3. The second-order valence-corrected chi connectivity index (χ2v) is 6.28. The molecule has 2 fully saturated rings. The molecule has 0 aromatic heterocycles. The molecule has 2 rings (SSSR count). The van der Waals surface area contributed by atoms with E-state index in [1.165, 1.54) is 7.11 Å². The zero-order valence-electron chi connectivity index (χ0n) is 14.8. The van der Waals surface area contributed by atoms with Gasteiger partial charge in [-0.1, -0.05) is 6.92 Å². The van der Waals surface area contributed by atoms with Gasteiger partial charge >= 0.3 is 5.97 Å². The predicted octanol–water partition coefficient (Wildman–Crippen LogP) is -3.21. The lowest BCUT2D eigenvalue weighted by molar-refractivity contribution is -0.291. The van der Waals surface area contributed by atoms with Crippen LogP contribution in [0.4, 0.5) is 0 Å². The molecule has 0 radical (unpaired) electrons. The van der Waals surface area contributed by atoms with Crippen molar-refractivity contribution < 1.29 is 43.8 Å². The number of aliphatic hydroxyl groups is 3. The molecule has 9 atom stereocenters. The molecule has 0 spiro atoms. The van der Waals surface area contributed by atoms with E-state index in [-0.39, 0.29) is 0 Å². The molecule has 11 nitrogen and oxygen atoms in total. The predicted molar refractivity (Wildman–Crippen MR) is 85.5 cm³/mol. The van der Waals surface area contributed by atoms with E-state index in [0.29, 0.717) is 6.42 Å². The van der Waals surface area contributed by atoms with Gasteiger partial charge in [-0.3, -0.25) is 0 Å². The Labute approximate surface area is 151 Å². The van der Waals surface area contributed by atoms with Crippen LogP contribution in [0.15, 0.2) is 0 Å². The van der Waals surface area contributed by atoms with Crippen LogP contribution in [0.5, 0.6) is 0 Å². The number of esters is 1. The summed E-state index contributed by atoms with van der Waals surface area (Å²) in [7, 11) is 1.20. The van der Waals surface area contributed by atoms with Gasteiger partial charge in [-0.25, -0.2) is 4.79 Å². The van der Waals surface area contributed by atoms with Crippen molar-refractivity contribution in [1.29, 1.82) is 0 Å². The molecular formula is C15H28N2O9. The van der Waals surface area contributed by atoms with E-state index < -0.39 is 74.4 Å². The highest BCUT2D eigenvalue weighted by Gasteiger charge is 2.49. The van der Waals surface area contributed by atoms with Gasteiger partial charge in [0.25, 0.3) is 0 Å². The van der Waals surface area contributed by atoms with Crippen molar-refractivity contribution >= 4 is 5.97 Å². The summed E-state index contributed by atoms with van der Waals surface area (Å²) in [5, 5.41) is 29.9. The molecular weight excluding hydrogens is 352 g/mol. The van der Waals surface area contributed by atoms with E-state index in [2.05, 4.69) is 4.74 Å². The first-order valence-electron chi connectivity index (χ1n) is 8.46. The molecule has 11 heteroatoms. The standard InChI is InChI=1S/C15H28N2O9/c1-3-6-10(20)13(14(17)24-6)26-15-9(16)12(23-5-8(19)22-2)11(21)7(4-18)25-15/h6-7,9-15,18,20-21H,3-5,16-17H2,1-2H3/t6-,7?,9?,10?,11+,12-,13-,14?,15?/m1/s1. The Balaban J connectivity index is 2.08. The first kappa shape index (κ1) is 21.4. The summed E-state index contributed by atoms with van der Waals surface area (Å²) in [6.07, 6.45) is -7.30. The Kier molecular flexibility index (Phi) is 7.70. The van der Waals surface area contributed by atoms with Gasteiger partial charge in [0.2, 0.25) is 0 Å². The van der Waals surface area contributed by atoms with Crippen LogP contribution in [0.3, 0.4) is 0 Å². The van der Waals surface area contributed by atoms with Crippen molar-refractivity contribution in [2.24, 2.45) is 11.5 Å². The Bertz CT molecular complexity index is 468. The quantitative estimate of drug-likeness (QED) is 0.281. The number of rotatable bonds is 7. The maximum atomic E-state index is 11.3. The van der Waals surface area contributed by atoms with Gasteiger partial charge in [0, 0.05) is 0 Å². The highest BCUT2D eigenvalue weighted by atomic mass is 16.7. The number of methoxy groups -OCH3 is 1. The fraction of sp³-hybridized carbons (Fsp3) is 0.933. The van der Waals surface area contributed by atoms with Crippen LogP contribution in [-0.2, 0) is 28.5 Å². The topological polar surface area (TPSA) is 176 Å². The molecule has 2 aliphatic heterocycles. The number of carbonyl (C=O) groups excluding carboxylic acids is 1. The van der Waals surface area contributed by atoms with Crippen molar-refractivity contribution in [1.82, 2.24) is 0 Å². The monoisotopic (exact) mass is 380 g/mol. The Morgan fingerprint density at radius 3 is 2.31 bits per heavy atom. The van der Waals surface area contributed by atoms with E-state index in [1.807, 2.05) is 6.92 Å². The zero-order chi connectivity index (χ0) is 19.4. The molecule has 26 heavy (non-hydrogen) atoms. The molecule has 2 saturated heterocycles. The summed E-state index contributed by atoms with van der Waals surface area (Å²) < 4.78 is 26.4. The maximum absolute atomic E-state index is 11.3. The normalized spacial score (nSPS) is 43.4. The van der Waals surface area contributed by atoms with Gasteiger partial charge in [-0.2, -0.15) is 0 Å². The number of aliphatic hydroxyl groups excluding tert-OH is 3. The van der Waals surface area contributed by atoms with Crippen LogP contribution >= 0.6 is 0 Å². The lowest BCUT2D eigenvalue weighted by Crippen LogP contribution is -2.64. The van der Waals surface area contributed by atoms with E-state index >= 15 is 0 Å². The smallest absolute Gasteiger partial charge is 0.331 e. The number of ether oxygens (including phenoxy) is 5. The second-order valence-electron chi connectivity index (χ2n) is 6.28. The molecule has 0 saturated carbocycles. The lowest BCUT2D eigenvalue weighted by atomic mass is 9.97. The van der Waals surface area contributed by atoms with Crippen LogP contribution in [-0.4, -0.2) is 96.8 Å². The van der Waals surface area contributed by atoms with E-state index in [0.717, 1.165) is 0 Å². The third-order valence-corrected chi connectivity index (χ3v) is 4.59. The molecule has 152 valence electrons. The highest BCUT2D eigenvalue weighted by Crippen LogP contribution is 2.29. The average Bonchev–Trinajstić information content (AvgIpc) is 2.90. The molecule has 2 heterocycles. The third-order valence-electron chi connectivity index (χ3n) is 4.59. The molecule has 0 aromatic rings. The second kappa shape index (κ2) is 9.35. The van der Waals surface area contributed by atoms with E-state index in [9.17, 15) is 20.1 Å². The number of nitrogens with two attached hydrogens (primary N) is 2. The van der Waals surface area contributed by atoms with Crippen molar-refractivity contribution in [3.8, 4) is 0 Å². The molecule has 0 bridgehead atoms. The largest absolute Gasteiger partial charge is 0.467 e. The SMILES string of the molecule is CC[C@H]1OC(N)[C@H](OC2OC(CO)[C@H](O)[C@H](OCC(=O)OC)C2N)C1O. The fourth-order valence-electron chi connectivity index (χ4n) is 3.06. The minimum Gasteiger partial charge on any atom is -0.467 e. The summed E-state index contributed by atoms with van der Waals surface area (Å²) in [6.45, 7) is 0.864. The first-order valence-corrected chi connectivity index (χ1v) is 8.46. The molecule has 0 aromatic carbocycles. The minimum absolute atomic E-state index is 0.441. The Morgan fingerprint density at radius 2 is 1.77 bits per heavy atom. The third kappa shape index (κ3) is 4.50. The van der Waals surface area contributed by atoms with Gasteiger partial charge < -0.3 is 50.5 Å². The van der Waals surface area contributed by atoms with Crippen molar-refractivity contribution in [3.63, 3.8) is 0 Å².